The summed E-state index contributed by atoms with van der Waals surface area (Å²) in [6.45, 7) is 3.18. The van der Waals surface area contributed by atoms with Crippen LogP contribution in [0.15, 0.2) is 30.3 Å². The van der Waals surface area contributed by atoms with Crippen molar-refractivity contribution in [2.24, 2.45) is 11.5 Å². The summed E-state index contributed by atoms with van der Waals surface area (Å²) in [4.78, 5) is 49.1. The van der Waals surface area contributed by atoms with Crippen LogP contribution in [0.25, 0.3) is 0 Å². The molecular weight excluding hydrogens is 430 g/mol. The van der Waals surface area contributed by atoms with Crippen LogP contribution in [0.2, 0.25) is 0 Å². The largest absolute Gasteiger partial charge is 0.480 e. The number of nitrogens with one attached hydrogen (secondary N) is 3. The van der Waals surface area contributed by atoms with Crippen molar-refractivity contribution in [2.45, 2.75) is 69.8 Å². The number of aliphatic hydroxyl groups excluding tert-OH is 1. The molecule has 1 aromatic rings. The Morgan fingerprint density at radius 3 is 2.12 bits per heavy atom. The second kappa shape index (κ2) is 14.2. The predicted molar refractivity (Wildman–Crippen MR) is 122 cm³/mol. The van der Waals surface area contributed by atoms with Crippen LogP contribution in [-0.4, -0.2) is 70.7 Å². The first-order valence-corrected chi connectivity index (χ1v) is 10.9. The molecule has 1 rings (SSSR count). The summed E-state index contributed by atoms with van der Waals surface area (Å²) in [6.07, 6.45) is 0.560. The highest BCUT2D eigenvalue weighted by atomic mass is 16.4. The molecule has 0 saturated heterocycles. The molecule has 0 radical (unpaired) electrons. The van der Waals surface area contributed by atoms with Gasteiger partial charge in [0.1, 0.15) is 12.1 Å². The van der Waals surface area contributed by atoms with Gasteiger partial charge in [-0.2, -0.15) is 0 Å². The fourth-order valence-corrected chi connectivity index (χ4v) is 3.02. The van der Waals surface area contributed by atoms with E-state index in [1.165, 1.54) is 13.8 Å². The van der Waals surface area contributed by atoms with Crippen molar-refractivity contribution >= 4 is 23.7 Å². The topological polar surface area (TPSA) is 197 Å². The summed E-state index contributed by atoms with van der Waals surface area (Å²) in [5, 5.41) is 26.2. The van der Waals surface area contributed by atoms with Crippen molar-refractivity contribution in [1.82, 2.24) is 16.0 Å². The van der Waals surface area contributed by atoms with Crippen LogP contribution in [0, 0.1) is 0 Å². The van der Waals surface area contributed by atoms with Crippen LogP contribution in [0.1, 0.15) is 38.7 Å². The zero-order valence-electron chi connectivity index (χ0n) is 19.0. The van der Waals surface area contributed by atoms with E-state index in [4.69, 9.17) is 11.5 Å². The lowest BCUT2D eigenvalue weighted by Gasteiger charge is -2.24. The number of aliphatic hydroxyl groups is 1. The predicted octanol–water partition coefficient (Wildman–Crippen LogP) is -1.37. The minimum absolute atomic E-state index is 0.0732. The molecule has 5 unspecified atom stereocenters. The van der Waals surface area contributed by atoms with Gasteiger partial charge in [-0.25, -0.2) is 4.79 Å². The van der Waals surface area contributed by atoms with Gasteiger partial charge in [-0.05, 0) is 38.8 Å². The Balaban J connectivity index is 2.86. The summed E-state index contributed by atoms with van der Waals surface area (Å²) in [6, 6.07) is 4.35. The Morgan fingerprint density at radius 1 is 0.939 bits per heavy atom. The van der Waals surface area contributed by atoms with Crippen molar-refractivity contribution in [1.29, 1.82) is 0 Å². The second-order valence-electron chi connectivity index (χ2n) is 7.94. The van der Waals surface area contributed by atoms with Gasteiger partial charge < -0.3 is 37.6 Å². The summed E-state index contributed by atoms with van der Waals surface area (Å²) in [5.74, 6) is -3.33. The molecule has 1 aromatic carbocycles. The fraction of sp³-hybridized carbons (Fsp3) is 0.545. The Bertz CT molecular complexity index is 789. The van der Waals surface area contributed by atoms with E-state index in [1.54, 1.807) is 30.3 Å². The fourth-order valence-electron chi connectivity index (χ4n) is 3.02. The van der Waals surface area contributed by atoms with Crippen LogP contribution in [0.5, 0.6) is 0 Å². The molecule has 184 valence electrons. The van der Waals surface area contributed by atoms with E-state index in [2.05, 4.69) is 16.0 Å². The van der Waals surface area contributed by atoms with Crippen LogP contribution >= 0.6 is 0 Å². The third-order valence-corrected chi connectivity index (χ3v) is 5.02. The van der Waals surface area contributed by atoms with Crippen molar-refractivity contribution in [2.75, 3.05) is 6.54 Å². The van der Waals surface area contributed by atoms with Gasteiger partial charge in [0.2, 0.25) is 17.7 Å². The Labute approximate surface area is 193 Å². The highest BCUT2D eigenvalue weighted by molar-refractivity contribution is 5.94. The van der Waals surface area contributed by atoms with E-state index in [0.717, 1.165) is 12.0 Å². The smallest absolute Gasteiger partial charge is 0.328 e. The number of carboxylic acids is 1. The summed E-state index contributed by atoms with van der Waals surface area (Å²) < 4.78 is 0. The Hall–Kier alpha value is -3.02. The van der Waals surface area contributed by atoms with Crippen LogP contribution in [0.3, 0.4) is 0 Å². The maximum Gasteiger partial charge on any atom is 0.328 e. The number of amides is 3. The standard InChI is InChI=1S/C22H35N5O6/c1-13(25-20(30)16(24)10-6-7-11-23)19(29)26-17(12-15-8-4-3-5-9-15)21(31)27-18(14(2)28)22(32)33/h3-5,8-9,13-14,16-18,28H,6-7,10-12,23-24H2,1-2H3,(H,25,30)(H,26,29)(H,27,31)(H,32,33). The molecule has 0 heterocycles. The lowest BCUT2D eigenvalue weighted by Crippen LogP contribution is -2.58. The zero-order chi connectivity index (χ0) is 25.0. The Morgan fingerprint density at radius 2 is 1.58 bits per heavy atom. The first kappa shape index (κ1) is 28.0. The monoisotopic (exact) mass is 465 g/mol. The molecule has 3 amide bonds. The number of hydrogen-bond acceptors (Lipinski definition) is 7. The third kappa shape index (κ3) is 9.98. The molecule has 0 fully saturated rings. The molecule has 0 saturated carbocycles. The average molecular weight is 466 g/mol. The van der Waals surface area contributed by atoms with Gasteiger partial charge in [-0.1, -0.05) is 36.8 Å². The normalized spacial score (nSPS) is 15.4. The van der Waals surface area contributed by atoms with E-state index < -0.39 is 54.0 Å². The van der Waals surface area contributed by atoms with E-state index in [-0.39, 0.29) is 6.42 Å². The lowest BCUT2D eigenvalue weighted by atomic mass is 10.0. The minimum Gasteiger partial charge on any atom is -0.480 e. The summed E-state index contributed by atoms with van der Waals surface area (Å²) in [7, 11) is 0. The highest BCUT2D eigenvalue weighted by Gasteiger charge is 2.31. The van der Waals surface area contributed by atoms with Gasteiger partial charge in [0.25, 0.3) is 0 Å². The summed E-state index contributed by atoms with van der Waals surface area (Å²) in [5.41, 5.74) is 12.0. The molecule has 11 heteroatoms. The number of carbonyl (C=O) groups is 4. The van der Waals surface area contributed by atoms with Crippen molar-refractivity contribution in [3.8, 4) is 0 Å². The lowest BCUT2D eigenvalue weighted by molar-refractivity contribution is -0.145. The maximum absolute atomic E-state index is 12.8. The van der Waals surface area contributed by atoms with Crippen LogP contribution in [-0.2, 0) is 25.6 Å². The quantitative estimate of drug-likeness (QED) is 0.163. The van der Waals surface area contributed by atoms with Crippen molar-refractivity contribution in [3.63, 3.8) is 0 Å². The third-order valence-electron chi connectivity index (χ3n) is 5.02. The number of aliphatic carboxylic acids is 1. The van der Waals surface area contributed by atoms with Gasteiger partial charge in [0.05, 0.1) is 12.1 Å². The second-order valence-corrected chi connectivity index (χ2v) is 7.94. The number of hydrogen-bond donors (Lipinski definition) is 7. The highest BCUT2D eigenvalue weighted by Crippen LogP contribution is 2.06. The number of benzene rings is 1. The number of unbranched alkanes of at least 4 members (excludes halogenated alkanes) is 1. The molecule has 0 aromatic heterocycles. The average Bonchev–Trinajstić information content (AvgIpc) is 2.76. The molecule has 0 spiro atoms. The van der Waals surface area contributed by atoms with Crippen molar-refractivity contribution in [3.05, 3.63) is 35.9 Å². The Kier molecular flexibility index (Phi) is 12.0. The van der Waals surface area contributed by atoms with E-state index in [0.29, 0.717) is 19.4 Å². The van der Waals surface area contributed by atoms with Gasteiger partial charge in [0.15, 0.2) is 6.04 Å². The number of rotatable bonds is 14. The SMILES string of the molecule is CC(NC(=O)C(N)CCCCN)C(=O)NC(Cc1ccccc1)C(=O)NC(C(=O)O)C(C)O. The molecule has 0 aliphatic rings. The van der Waals surface area contributed by atoms with Crippen molar-refractivity contribution < 1.29 is 29.4 Å². The molecular formula is C22H35N5O6. The molecule has 11 nitrogen and oxygen atoms in total. The molecule has 9 N–H and O–H groups in total. The van der Waals surface area contributed by atoms with Gasteiger partial charge >= 0.3 is 5.97 Å². The summed E-state index contributed by atoms with van der Waals surface area (Å²) >= 11 is 0. The number of carboxylic acid groups (broad SMARTS) is 1. The number of carbonyl (C=O) groups excluding carboxylic acids is 3. The molecule has 5 atom stereocenters. The molecule has 0 bridgehead atoms. The first-order valence-electron chi connectivity index (χ1n) is 10.9. The molecule has 33 heavy (non-hydrogen) atoms. The first-order chi connectivity index (χ1) is 15.6. The van der Waals surface area contributed by atoms with E-state index in [9.17, 15) is 29.4 Å². The van der Waals surface area contributed by atoms with E-state index in [1.807, 2.05) is 0 Å². The minimum atomic E-state index is -1.55. The molecule has 0 aliphatic heterocycles. The van der Waals surface area contributed by atoms with E-state index >= 15 is 0 Å². The van der Waals surface area contributed by atoms with Gasteiger partial charge in [-0.15, -0.1) is 0 Å². The van der Waals surface area contributed by atoms with Crippen LogP contribution < -0.4 is 27.4 Å². The van der Waals surface area contributed by atoms with Crippen LogP contribution in [0.4, 0.5) is 0 Å². The number of nitrogens with two attached hydrogens (primary N) is 2. The zero-order valence-corrected chi connectivity index (χ0v) is 19.0. The molecule has 0 aliphatic carbocycles. The van der Waals surface area contributed by atoms with Gasteiger partial charge in [-0.3, -0.25) is 14.4 Å². The van der Waals surface area contributed by atoms with Gasteiger partial charge in [0, 0.05) is 6.42 Å². The maximum atomic E-state index is 12.8.